The van der Waals surface area contributed by atoms with Crippen LogP contribution in [0.5, 0.6) is 5.75 Å². The summed E-state index contributed by atoms with van der Waals surface area (Å²) < 4.78 is 11.8. The molecule has 14 heteroatoms. The first kappa shape index (κ1) is 34.8. The third kappa shape index (κ3) is 7.96. The van der Waals surface area contributed by atoms with Gasteiger partial charge < -0.3 is 30.0 Å². The van der Waals surface area contributed by atoms with Crippen LogP contribution in [0.1, 0.15) is 73.9 Å². The average Bonchev–Trinajstić information content (AvgIpc) is 3.57. The smallest absolute Gasteiger partial charge is 0.340 e. The summed E-state index contributed by atoms with van der Waals surface area (Å²) in [6.07, 6.45) is 5.28. The quantitative estimate of drug-likeness (QED) is 0.149. The van der Waals surface area contributed by atoms with Gasteiger partial charge in [-0.05, 0) is 68.0 Å². The lowest BCUT2D eigenvalue weighted by Crippen LogP contribution is -2.50. The van der Waals surface area contributed by atoms with Crippen LogP contribution in [0, 0.1) is 12.8 Å². The Bertz CT molecular complexity index is 1930. The van der Waals surface area contributed by atoms with Crippen molar-refractivity contribution in [3.8, 4) is 5.75 Å². The van der Waals surface area contributed by atoms with E-state index in [-0.39, 0.29) is 35.1 Å². The molecule has 2 atom stereocenters. The van der Waals surface area contributed by atoms with Gasteiger partial charge in [-0.1, -0.05) is 36.6 Å². The summed E-state index contributed by atoms with van der Waals surface area (Å²) in [5, 5.41) is 33.8. The molecule has 1 aliphatic rings. The number of rotatable bonds is 13. The highest BCUT2D eigenvalue weighted by Crippen LogP contribution is 2.39. The predicted molar refractivity (Wildman–Crippen MR) is 177 cm³/mol. The normalized spacial score (nSPS) is 15.2. The lowest BCUT2D eigenvalue weighted by molar-refractivity contribution is -0.140. The Morgan fingerprint density at radius 3 is 2.41 bits per heavy atom. The van der Waals surface area contributed by atoms with Crippen molar-refractivity contribution in [3.63, 3.8) is 0 Å². The molecule has 1 aliphatic carbocycles. The van der Waals surface area contributed by atoms with Gasteiger partial charge in [0.2, 0.25) is 11.8 Å². The number of amides is 2. The molecule has 1 saturated carbocycles. The second-order valence-electron chi connectivity index (χ2n) is 12.6. The molecule has 2 heterocycles. The van der Waals surface area contributed by atoms with Gasteiger partial charge in [-0.2, -0.15) is 0 Å². The molecule has 0 radical (unpaired) electrons. The molecule has 49 heavy (non-hydrogen) atoms. The number of aliphatic carboxylic acids is 2. The standard InChI is InChI=1S/C35H39N5O9/c1-20-25-14-11-23(16-28(25)49-34(47)26(20)17-31(42)43)36-33(46)27(18-32(44)45)40-19-29(38-39-40)35(2,22-7-5-4-6-8-22)37-30(41)15-21-9-12-24(48-3)13-10-21/h9-14,16,19,22,27H,4-8,15,17-18H2,1-3H3,(H,36,46)(H,37,41)(H,42,43)(H,44,45). The average molecular weight is 674 g/mol. The summed E-state index contributed by atoms with van der Waals surface area (Å²) in [6.45, 7) is 3.51. The number of hydrogen-bond acceptors (Lipinski definition) is 9. The van der Waals surface area contributed by atoms with Crippen molar-refractivity contribution in [2.45, 2.75) is 76.8 Å². The molecule has 14 nitrogen and oxygen atoms in total. The van der Waals surface area contributed by atoms with E-state index in [9.17, 15) is 29.1 Å². The number of fused-ring (bicyclic) bond motifs is 1. The minimum Gasteiger partial charge on any atom is -0.497 e. The number of anilines is 1. The first-order valence-corrected chi connectivity index (χ1v) is 16.0. The third-order valence-electron chi connectivity index (χ3n) is 9.26. The molecule has 0 bridgehead atoms. The summed E-state index contributed by atoms with van der Waals surface area (Å²) >= 11 is 0. The third-order valence-corrected chi connectivity index (χ3v) is 9.26. The van der Waals surface area contributed by atoms with E-state index in [1.54, 1.807) is 38.3 Å². The van der Waals surface area contributed by atoms with E-state index < -0.39 is 47.9 Å². The predicted octanol–water partition coefficient (Wildman–Crippen LogP) is 4.14. The second-order valence-corrected chi connectivity index (χ2v) is 12.6. The van der Waals surface area contributed by atoms with Crippen LogP contribution in [0.4, 0.5) is 5.69 Å². The Balaban J connectivity index is 1.40. The summed E-state index contributed by atoms with van der Waals surface area (Å²) in [4.78, 5) is 62.6. The maximum absolute atomic E-state index is 13.6. The Morgan fingerprint density at radius 1 is 1.04 bits per heavy atom. The molecule has 2 unspecified atom stereocenters. The lowest BCUT2D eigenvalue weighted by atomic mass is 9.74. The van der Waals surface area contributed by atoms with Crippen molar-refractivity contribution >= 4 is 40.4 Å². The number of carboxylic acids is 2. The number of nitrogens with one attached hydrogen (secondary N) is 2. The fourth-order valence-corrected chi connectivity index (χ4v) is 6.51. The van der Waals surface area contributed by atoms with Gasteiger partial charge in [0, 0.05) is 17.1 Å². The zero-order valence-corrected chi connectivity index (χ0v) is 27.5. The van der Waals surface area contributed by atoms with E-state index in [0.717, 1.165) is 37.7 Å². The van der Waals surface area contributed by atoms with Crippen molar-refractivity contribution in [3.05, 3.63) is 81.5 Å². The van der Waals surface area contributed by atoms with Crippen LogP contribution in [0.3, 0.4) is 0 Å². The van der Waals surface area contributed by atoms with Crippen molar-refractivity contribution in [2.24, 2.45) is 5.92 Å². The number of carbonyl (C=O) groups excluding carboxylic acids is 2. The van der Waals surface area contributed by atoms with E-state index >= 15 is 0 Å². The van der Waals surface area contributed by atoms with Crippen molar-refractivity contribution in [1.82, 2.24) is 20.3 Å². The molecular weight excluding hydrogens is 634 g/mol. The molecule has 5 rings (SSSR count). The van der Waals surface area contributed by atoms with Crippen LogP contribution in [-0.4, -0.2) is 56.1 Å². The first-order valence-electron chi connectivity index (χ1n) is 16.0. The highest BCUT2D eigenvalue weighted by atomic mass is 16.5. The molecular formula is C35H39N5O9. The second kappa shape index (κ2) is 14.7. The number of methoxy groups -OCH3 is 1. The number of nitrogens with zero attached hydrogens (tertiary/aromatic N) is 3. The van der Waals surface area contributed by atoms with Gasteiger partial charge in [0.05, 0.1) is 43.7 Å². The Labute approximate surface area is 281 Å². The molecule has 0 spiro atoms. The van der Waals surface area contributed by atoms with Gasteiger partial charge in [-0.3, -0.25) is 19.2 Å². The number of hydrogen-bond donors (Lipinski definition) is 4. The molecule has 2 aromatic carbocycles. The van der Waals surface area contributed by atoms with E-state index in [1.807, 2.05) is 19.1 Å². The van der Waals surface area contributed by atoms with Gasteiger partial charge in [0.25, 0.3) is 0 Å². The number of ether oxygens (including phenoxy) is 1. The fourth-order valence-electron chi connectivity index (χ4n) is 6.51. The highest BCUT2D eigenvalue weighted by molar-refractivity contribution is 5.97. The van der Waals surface area contributed by atoms with Crippen LogP contribution in [0.15, 0.2) is 57.9 Å². The summed E-state index contributed by atoms with van der Waals surface area (Å²) in [5.41, 5.74) is 0.285. The fraction of sp³-hybridized carbons (Fsp3) is 0.400. The van der Waals surface area contributed by atoms with Gasteiger partial charge in [-0.25, -0.2) is 9.48 Å². The van der Waals surface area contributed by atoms with E-state index in [0.29, 0.717) is 22.4 Å². The van der Waals surface area contributed by atoms with Crippen molar-refractivity contribution in [1.29, 1.82) is 0 Å². The minimum atomic E-state index is -1.31. The topological polar surface area (TPSA) is 203 Å². The van der Waals surface area contributed by atoms with Crippen molar-refractivity contribution in [2.75, 3.05) is 12.4 Å². The Kier molecular flexibility index (Phi) is 10.4. The molecule has 2 aromatic heterocycles. The van der Waals surface area contributed by atoms with Crippen molar-refractivity contribution < 1.29 is 38.5 Å². The maximum Gasteiger partial charge on any atom is 0.340 e. The Morgan fingerprint density at radius 2 is 1.76 bits per heavy atom. The van der Waals surface area contributed by atoms with Crippen LogP contribution in [0.2, 0.25) is 0 Å². The lowest BCUT2D eigenvalue weighted by Gasteiger charge is -2.39. The SMILES string of the molecule is COc1ccc(CC(=O)NC(C)(c2cn(C(CC(=O)O)C(=O)Nc3ccc4c(C)c(CC(=O)O)c(=O)oc4c3)nn2)C2CCCCC2)cc1. The summed E-state index contributed by atoms with van der Waals surface area (Å²) in [5.74, 6) is -2.63. The zero-order chi connectivity index (χ0) is 35.3. The van der Waals surface area contributed by atoms with Gasteiger partial charge in [0.15, 0.2) is 0 Å². The largest absolute Gasteiger partial charge is 0.497 e. The summed E-state index contributed by atoms with van der Waals surface area (Å²) in [6, 6.07) is 10.4. The number of aromatic nitrogens is 3. The summed E-state index contributed by atoms with van der Waals surface area (Å²) in [7, 11) is 1.57. The van der Waals surface area contributed by atoms with Crippen LogP contribution >= 0.6 is 0 Å². The molecule has 258 valence electrons. The zero-order valence-electron chi connectivity index (χ0n) is 27.5. The number of benzene rings is 2. The Hall–Kier alpha value is -5.53. The molecule has 2 amide bonds. The maximum atomic E-state index is 13.6. The van der Waals surface area contributed by atoms with Crippen LogP contribution in [-0.2, 0) is 37.6 Å². The molecule has 0 saturated heterocycles. The van der Waals surface area contributed by atoms with Gasteiger partial charge in [-0.15, -0.1) is 5.10 Å². The van der Waals surface area contributed by atoms with E-state index in [4.69, 9.17) is 14.3 Å². The van der Waals surface area contributed by atoms with E-state index in [2.05, 4.69) is 20.9 Å². The minimum absolute atomic E-state index is 0.0254. The first-order chi connectivity index (χ1) is 23.4. The number of carbonyl (C=O) groups is 4. The number of carboxylic acid groups (broad SMARTS) is 2. The number of aryl methyl sites for hydroxylation is 1. The van der Waals surface area contributed by atoms with Gasteiger partial charge >= 0.3 is 17.6 Å². The van der Waals surface area contributed by atoms with Crippen LogP contribution in [0.25, 0.3) is 11.0 Å². The molecule has 1 fully saturated rings. The van der Waals surface area contributed by atoms with Gasteiger partial charge in [0.1, 0.15) is 23.1 Å². The van der Waals surface area contributed by atoms with Crippen LogP contribution < -0.4 is 21.0 Å². The highest BCUT2D eigenvalue weighted by Gasteiger charge is 2.41. The molecule has 0 aliphatic heterocycles. The molecule has 4 N–H and O–H groups in total. The monoisotopic (exact) mass is 673 g/mol. The molecule has 4 aromatic rings. The van der Waals surface area contributed by atoms with E-state index in [1.165, 1.54) is 16.9 Å².